The molecule has 4 heterocycles. The van der Waals surface area contributed by atoms with Gasteiger partial charge in [-0.1, -0.05) is 29.8 Å². The van der Waals surface area contributed by atoms with Gasteiger partial charge >= 0.3 is 11.9 Å². The van der Waals surface area contributed by atoms with E-state index in [2.05, 4.69) is 20.1 Å². The molecule has 4 aromatic rings. The number of nitrogens with zero attached hydrogens (tertiary/aromatic N) is 4. The number of hydrogen-bond acceptors (Lipinski definition) is 5. The van der Waals surface area contributed by atoms with Gasteiger partial charge in [0.15, 0.2) is 10.8 Å². The molecule has 196 valence electrons. The van der Waals surface area contributed by atoms with Gasteiger partial charge in [-0.3, -0.25) is 14.6 Å². The summed E-state index contributed by atoms with van der Waals surface area (Å²) in [5.74, 6) is 0.0329. The number of fused-ring (bicyclic) bond motifs is 3. The third kappa shape index (κ3) is 4.18. The van der Waals surface area contributed by atoms with Gasteiger partial charge in [0.05, 0.1) is 22.9 Å². The number of halogens is 4. The molecule has 0 bridgehead atoms. The number of anilines is 1. The lowest BCUT2D eigenvalue weighted by molar-refractivity contribution is -0.132. The second kappa shape index (κ2) is 8.55. The number of para-hydroxylation sites is 1. The van der Waals surface area contributed by atoms with Crippen LogP contribution >= 0.6 is 11.6 Å². The molecule has 2 N–H and O–H groups in total. The Morgan fingerprint density at radius 2 is 1.87 bits per heavy atom. The van der Waals surface area contributed by atoms with Crippen LogP contribution in [0.5, 0.6) is 0 Å². The molecule has 0 atom stereocenters. The normalized spacial score (nSPS) is 17.5. The van der Waals surface area contributed by atoms with Crippen molar-refractivity contribution in [3.8, 4) is 11.3 Å². The first kappa shape index (κ1) is 24.4. The second-order valence-electron chi connectivity index (χ2n) is 9.67. The standard InChI is InChI=1S/C13H10ClN5O2.C12H10F3NO/c14-10-5-15-11-7(6-1-2-6)3-9(18-19(10)11)8-4-16-13(21)17-12(8)20;13-12(14,15)7-16-9-4-2-1-3-8(9)11(5-6-11)10(16)17/h3-6H,1-2H2,(H2,16,17,20,21);1-4H,5-7H2. The van der Waals surface area contributed by atoms with Crippen LogP contribution in [0.2, 0.25) is 5.15 Å². The molecular weight excluding hydrogens is 525 g/mol. The first-order valence-electron chi connectivity index (χ1n) is 11.9. The molecule has 9 nitrogen and oxygen atoms in total. The van der Waals surface area contributed by atoms with Gasteiger partial charge < -0.3 is 9.88 Å². The number of H-pyrrole nitrogens is 2. The van der Waals surface area contributed by atoms with E-state index >= 15 is 0 Å². The smallest absolute Gasteiger partial charge is 0.313 e. The lowest BCUT2D eigenvalue weighted by atomic mass is 9.98. The van der Waals surface area contributed by atoms with Crippen molar-refractivity contribution in [1.29, 1.82) is 0 Å². The van der Waals surface area contributed by atoms with E-state index in [1.165, 1.54) is 16.9 Å². The quantitative estimate of drug-likeness (QED) is 0.405. The number of amides is 1. The Labute approximate surface area is 217 Å². The lowest BCUT2D eigenvalue weighted by Crippen LogP contribution is -2.39. The van der Waals surface area contributed by atoms with Crippen molar-refractivity contribution in [1.82, 2.24) is 24.6 Å². The fraction of sp³-hybridized carbons (Fsp3) is 0.320. The summed E-state index contributed by atoms with van der Waals surface area (Å²) in [4.78, 5) is 44.9. The van der Waals surface area contributed by atoms with Crippen LogP contribution < -0.4 is 16.1 Å². The Bertz CT molecular complexity index is 1700. The molecule has 38 heavy (non-hydrogen) atoms. The highest BCUT2D eigenvalue weighted by molar-refractivity contribution is 6.29. The summed E-state index contributed by atoms with van der Waals surface area (Å²) < 4.78 is 38.9. The highest BCUT2D eigenvalue weighted by atomic mass is 35.5. The molecule has 0 radical (unpaired) electrons. The predicted molar refractivity (Wildman–Crippen MR) is 132 cm³/mol. The molecule has 0 unspecified atom stereocenters. The van der Waals surface area contributed by atoms with Crippen LogP contribution in [0.3, 0.4) is 0 Å². The lowest BCUT2D eigenvalue weighted by Gasteiger charge is -2.19. The van der Waals surface area contributed by atoms with Crippen molar-refractivity contribution >= 4 is 28.8 Å². The van der Waals surface area contributed by atoms with Gasteiger partial charge in [-0.2, -0.15) is 18.3 Å². The van der Waals surface area contributed by atoms with E-state index in [1.54, 1.807) is 24.3 Å². The van der Waals surface area contributed by atoms with E-state index in [0.29, 0.717) is 46.5 Å². The predicted octanol–water partition coefficient (Wildman–Crippen LogP) is 3.93. The molecule has 2 aliphatic carbocycles. The zero-order valence-corrected chi connectivity index (χ0v) is 20.4. The van der Waals surface area contributed by atoms with E-state index in [0.717, 1.165) is 28.9 Å². The average Bonchev–Trinajstić information content (AvgIpc) is 3.79. The molecule has 7 rings (SSSR count). The largest absolute Gasteiger partial charge is 0.406 e. The summed E-state index contributed by atoms with van der Waals surface area (Å²) in [5, 5.41) is 4.73. The minimum absolute atomic E-state index is 0.295. The summed E-state index contributed by atoms with van der Waals surface area (Å²) in [6.07, 6.45) is 2.04. The number of carbonyl (C=O) groups excluding carboxylic acids is 1. The second-order valence-corrected chi connectivity index (χ2v) is 10.1. The van der Waals surface area contributed by atoms with Crippen LogP contribution in [0, 0.1) is 0 Å². The maximum absolute atomic E-state index is 12.5. The summed E-state index contributed by atoms with van der Waals surface area (Å²) in [6.45, 7) is -1.19. The maximum Gasteiger partial charge on any atom is 0.406 e. The first-order chi connectivity index (χ1) is 18.1. The van der Waals surface area contributed by atoms with Gasteiger partial charge in [0.1, 0.15) is 6.54 Å². The molecule has 0 saturated heterocycles. The third-order valence-electron chi connectivity index (χ3n) is 7.02. The minimum atomic E-state index is -4.36. The fourth-order valence-electron chi connectivity index (χ4n) is 4.93. The number of aromatic nitrogens is 5. The number of alkyl halides is 3. The molecule has 13 heteroatoms. The number of aromatic amines is 2. The van der Waals surface area contributed by atoms with Crippen LogP contribution in [-0.2, 0) is 10.2 Å². The Morgan fingerprint density at radius 1 is 1.13 bits per heavy atom. The zero-order valence-electron chi connectivity index (χ0n) is 19.7. The number of imidazole rings is 1. The molecule has 1 amide bonds. The van der Waals surface area contributed by atoms with Gasteiger partial charge in [-0.25, -0.2) is 14.3 Å². The average molecular weight is 545 g/mol. The highest BCUT2D eigenvalue weighted by Crippen LogP contribution is 2.57. The number of nitrogens with one attached hydrogen (secondary N) is 2. The Morgan fingerprint density at radius 3 is 2.53 bits per heavy atom. The van der Waals surface area contributed by atoms with E-state index in [9.17, 15) is 27.6 Å². The van der Waals surface area contributed by atoms with Gasteiger partial charge in [0.25, 0.3) is 5.56 Å². The Hall–Kier alpha value is -3.93. The van der Waals surface area contributed by atoms with Crippen molar-refractivity contribution in [3.63, 3.8) is 0 Å². The van der Waals surface area contributed by atoms with Crippen LogP contribution in [0.15, 0.2) is 52.3 Å². The van der Waals surface area contributed by atoms with E-state index in [-0.39, 0.29) is 0 Å². The van der Waals surface area contributed by atoms with E-state index in [4.69, 9.17) is 11.6 Å². The van der Waals surface area contributed by atoms with Crippen molar-refractivity contribution in [2.24, 2.45) is 0 Å². The zero-order chi connectivity index (χ0) is 26.8. The van der Waals surface area contributed by atoms with Crippen molar-refractivity contribution in [2.75, 3.05) is 11.4 Å². The van der Waals surface area contributed by atoms with E-state index in [1.807, 2.05) is 6.07 Å². The molecule has 2 fully saturated rings. The van der Waals surface area contributed by atoms with Crippen LogP contribution in [0.4, 0.5) is 18.9 Å². The van der Waals surface area contributed by atoms with Crippen LogP contribution in [-0.4, -0.2) is 43.2 Å². The van der Waals surface area contributed by atoms with E-state index < -0.39 is 35.3 Å². The summed E-state index contributed by atoms with van der Waals surface area (Å²) in [7, 11) is 0. The molecule has 1 aliphatic heterocycles. The maximum atomic E-state index is 12.5. The minimum Gasteiger partial charge on any atom is -0.313 e. The molecule has 1 aromatic carbocycles. The first-order valence-corrected chi connectivity index (χ1v) is 12.3. The van der Waals surface area contributed by atoms with Gasteiger partial charge in [0.2, 0.25) is 5.91 Å². The number of rotatable bonds is 3. The monoisotopic (exact) mass is 544 g/mol. The van der Waals surface area contributed by atoms with Crippen LogP contribution in [0.1, 0.15) is 42.7 Å². The molecular formula is C25H20ClF3N6O3. The fourth-order valence-corrected chi connectivity index (χ4v) is 5.10. The van der Waals surface area contributed by atoms with Crippen molar-refractivity contribution in [2.45, 2.75) is 43.2 Å². The van der Waals surface area contributed by atoms with Gasteiger partial charge in [-0.05, 0) is 49.3 Å². The topological polar surface area (TPSA) is 116 Å². The van der Waals surface area contributed by atoms with Crippen LogP contribution in [0.25, 0.3) is 16.9 Å². The highest BCUT2D eigenvalue weighted by Gasteiger charge is 2.60. The summed E-state index contributed by atoms with van der Waals surface area (Å²) >= 11 is 6.09. The van der Waals surface area contributed by atoms with Gasteiger partial charge in [0, 0.05) is 17.4 Å². The molecule has 2 saturated carbocycles. The van der Waals surface area contributed by atoms with Crippen molar-refractivity contribution < 1.29 is 18.0 Å². The van der Waals surface area contributed by atoms with Crippen molar-refractivity contribution in [3.05, 3.63) is 79.8 Å². The molecule has 1 spiro atoms. The third-order valence-corrected chi connectivity index (χ3v) is 7.28. The Balaban J connectivity index is 0.000000142. The number of hydrogen-bond donors (Lipinski definition) is 2. The van der Waals surface area contributed by atoms with Gasteiger partial charge in [-0.15, -0.1) is 0 Å². The molecule has 3 aromatic heterocycles. The summed E-state index contributed by atoms with van der Waals surface area (Å²) in [5.41, 5.74) is 2.01. The number of carbonyl (C=O) groups is 1. The number of benzene rings is 1. The Kier molecular flexibility index (Phi) is 5.49. The molecule has 3 aliphatic rings. The SMILES string of the molecule is O=C1N(CC(F)(F)F)c2ccccc2C12CC2.O=c1[nH]cc(-c2cc(C3CC3)c3ncc(Cl)n3n2)c(=O)[nH]1. The summed E-state index contributed by atoms with van der Waals surface area (Å²) in [6, 6.07) is 8.63.